The number of nitrogens with one attached hydrogen (secondary N) is 1. The molecule has 0 aliphatic carbocycles. The highest BCUT2D eigenvalue weighted by Crippen LogP contribution is 2.22. The first kappa shape index (κ1) is 15.1. The summed E-state index contributed by atoms with van der Waals surface area (Å²) in [5.74, 6) is 0.693. The number of carbonyl (C=O) groups excluding carboxylic acids is 1. The largest absolute Gasteiger partial charge is 0.466 e. The van der Waals surface area contributed by atoms with E-state index in [0.717, 1.165) is 17.1 Å². The third-order valence-corrected chi connectivity index (χ3v) is 3.54. The van der Waals surface area contributed by atoms with Crippen LogP contribution in [0.15, 0.2) is 22.6 Å². The molecule has 3 N–H and O–H groups in total. The number of anilines is 1. The van der Waals surface area contributed by atoms with Gasteiger partial charge < -0.3 is 15.5 Å². The van der Waals surface area contributed by atoms with Gasteiger partial charge in [0.05, 0.1) is 6.04 Å². The highest BCUT2D eigenvalue weighted by Gasteiger charge is 2.17. The molecule has 2 aromatic rings. The quantitative estimate of drug-likeness (QED) is 0.851. The Morgan fingerprint density at radius 2 is 1.95 bits per heavy atom. The number of halogens is 1. The average Bonchev–Trinajstić information content (AvgIpc) is 2.74. The van der Waals surface area contributed by atoms with E-state index < -0.39 is 5.82 Å². The number of rotatable bonds is 3. The zero-order chi connectivity index (χ0) is 15.7. The van der Waals surface area contributed by atoms with Crippen molar-refractivity contribution in [2.75, 3.05) is 5.73 Å². The summed E-state index contributed by atoms with van der Waals surface area (Å²) in [6, 6.07) is 4.32. The monoisotopic (exact) mass is 290 g/mol. The molecule has 1 heterocycles. The molecule has 5 heteroatoms. The second-order valence-electron chi connectivity index (χ2n) is 5.24. The van der Waals surface area contributed by atoms with Crippen molar-refractivity contribution in [2.24, 2.45) is 0 Å². The fourth-order valence-corrected chi connectivity index (χ4v) is 2.27. The summed E-state index contributed by atoms with van der Waals surface area (Å²) in [4.78, 5) is 12.2. The summed E-state index contributed by atoms with van der Waals surface area (Å²) in [6.07, 6.45) is 0. The molecule has 1 unspecified atom stereocenters. The average molecular weight is 290 g/mol. The molecule has 112 valence electrons. The Hall–Kier alpha value is -2.30. The van der Waals surface area contributed by atoms with Gasteiger partial charge in [-0.25, -0.2) is 4.39 Å². The number of amides is 1. The van der Waals surface area contributed by atoms with Gasteiger partial charge in [0.15, 0.2) is 0 Å². The van der Waals surface area contributed by atoms with Crippen LogP contribution in [0.2, 0.25) is 0 Å². The lowest BCUT2D eigenvalue weighted by Crippen LogP contribution is -2.27. The molecule has 1 aromatic carbocycles. The smallest absolute Gasteiger partial charge is 0.251 e. The summed E-state index contributed by atoms with van der Waals surface area (Å²) >= 11 is 0. The van der Waals surface area contributed by atoms with Gasteiger partial charge in [0.1, 0.15) is 17.3 Å². The van der Waals surface area contributed by atoms with Crippen LogP contribution in [-0.2, 0) is 0 Å². The molecule has 0 aliphatic rings. The van der Waals surface area contributed by atoms with Crippen molar-refractivity contribution >= 4 is 11.6 Å². The first-order valence-corrected chi connectivity index (χ1v) is 6.73. The van der Waals surface area contributed by atoms with Gasteiger partial charge in [-0.3, -0.25) is 4.79 Å². The van der Waals surface area contributed by atoms with E-state index in [-0.39, 0.29) is 23.2 Å². The Labute approximate surface area is 123 Å². The van der Waals surface area contributed by atoms with Crippen LogP contribution in [0.4, 0.5) is 10.1 Å². The first-order chi connectivity index (χ1) is 9.79. The van der Waals surface area contributed by atoms with E-state index >= 15 is 0 Å². The lowest BCUT2D eigenvalue weighted by Gasteiger charge is -2.14. The minimum Gasteiger partial charge on any atom is -0.466 e. The van der Waals surface area contributed by atoms with E-state index in [1.54, 1.807) is 6.92 Å². The van der Waals surface area contributed by atoms with Crippen molar-refractivity contribution in [3.05, 3.63) is 52.2 Å². The van der Waals surface area contributed by atoms with Crippen LogP contribution >= 0.6 is 0 Å². The lowest BCUT2D eigenvalue weighted by atomic mass is 10.1. The number of carbonyl (C=O) groups is 1. The highest BCUT2D eigenvalue weighted by molar-refractivity contribution is 5.95. The van der Waals surface area contributed by atoms with Gasteiger partial charge in [0.25, 0.3) is 5.91 Å². The van der Waals surface area contributed by atoms with Crippen LogP contribution in [0.3, 0.4) is 0 Å². The Balaban J connectivity index is 2.20. The van der Waals surface area contributed by atoms with Crippen molar-refractivity contribution in [2.45, 2.75) is 33.7 Å². The van der Waals surface area contributed by atoms with Crippen LogP contribution in [0, 0.1) is 26.6 Å². The molecule has 0 saturated heterocycles. The minimum atomic E-state index is -0.483. The molecule has 1 amide bonds. The molecule has 0 spiro atoms. The summed E-state index contributed by atoms with van der Waals surface area (Å²) < 4.78 is 19.1. The van der Waals surface area contributed by atoms with Crippen molar-refractivity contribution in [1.29, 1.82) is 0 Å². The van der Waals surface area contributed by atoms with Crippen molar-refractivity contribution in [3.8, 4) is 0 Å². The molecular formula is C16H19FN2O2. The Morgan fingerprint density at radius 3 is 2.48 bits per heavy atom. The Kier molecular flexibility index (Phi) is 4.02. The van der Waals surface area contributed by atoms with Gasteiger partial charge in [-0.1, -0.05) is 0 Å². The summed E-state index contributed by atoms with van der Waals surface area (Å²) in [7, 11) is 0. The predicted molar refractivity (Wildman–Crippen MR) is 79.6 cm³/mol. The Bertz CT molecular complexity index is 669. The maximum absolute atomic E-state index is 13.7. The van der Waals surface area contributed by atoms with E-state index in [9.17, 15) is 9.18 Å². The molecular weight excluding hydrogens is 271 g/mol. The van der Waals surface area contributed by atoms with Gasteiger partial charge >= 0.3 is 0 Å². The molecule has 2 rings (SSSR count). The minimum absolute atomic E-state index is 0.209. The van der Waals surface area contributed by atoms with Crippen molar-refractivity contribution in [1.82, 2.24) is 5.32 Å². The summed E-state index contributed by atoms with van der Waals surface area (Å²) in [6.45, 7) is 7.12. The predicted octanol–water partition coefficient (Wildman–Crippen LogP) is 3.42. The summed E-state index contributed by atoms with van der Waals surface area (Å²) in [5.41, 5.74) is 7.42. The number of furan rings is 1. The topological polar surface area (TPSA) is 68.3 Å². The number of hydrogen-bond acceptors (Lipinski definition) is 3. The number of nitrogens with two attached hydrogens (primary N) is 1. The maximum Gasteiger partial charge on any atom is 0.251 e. The maximum atomic E-state index is 13.7. The Morgan fingerprint density at radius 1 is 1.29 bits per heavy atom. The second-order valence-corrected chi connectivity index (χ2v) is 5.24. The molecule has 0 bridgehead atoms. The van der Waals surface area contributed by atoms with Gasteiger partial charge in [0, 0.05) is 22.4 Å². The molecule has 0 radical (unpaired) electrons. The second kappa shape index (κ2) is 5.60. The normalized spacial score (nSPS) is 12.2. The number of hydrogen-bond donors (Lipinski definition) is 2. The molecule has 1 atom stereocenters. The first-order valence-electron chi connectivity index (χ1n) is 6.73. The zero-order valence-corrected chi connectivity index (χ0v) is 12.6. The zero-order valence-electron chi connectivity index (χ0n) is 12.6. The number of nitrogen functional groups attached to an aromatic ring is 1. The molecule has 0 aliphatic heterocycles. The molecule has 0 saturated carbocycles. The van der Waals surface area contributed by atoms with E-state index in [4.69, 9.17) is 10.2 Å². The number of aryl methyl sites for hydroxylation is 2. The lowest BCUT2D eigenvalue weighted by molar-refractivity contribution is 0.0939. The van der Waals surface area contributed by atoms with Crippen LogP contribution in [0.1, 0.15) is 46.0 Å². The van der Waals surface area contributed by atoms with Crippen molar-refractivity contribution in [3.63, 3.8) is 0 Å². The van der Waals surface area contributed by atoms with E-state index in [1.165, 1.54) is 12.1 Å². The van der Waals surface area contributed by atoms with Crippen LogP contribution in [0.25, 0.3) is 0 Å². The molecule has 1 aromatic heterocycles. The van der Waals surface area contributed by atoms with Gasteiger partial charge in [0.2, 0.25) is 0 Å². The molecule has 0 fully saturated rings. The van der Waals surface area contributed by atoms with E-state index in [2.05, 4.69) is 5.32 Å². The van der Waals surface area contributed by atoms with Gasteiger partial charge in [-0.15, -0.1) is 0 Å². The van der Waals surface area contributed by atoms with Crippen LogP contribution < -0.4 is 11.1 Å². The molecule has 4 nitrogen and oxygen atoms in total. The highest BCUT2D eigenvalue weighted by atomic mass is 19.1. The van der Waals surface area contributed by atoms with Gasteiger partial charge in [-0.05, 0) is 45.9 Å². The van der Waals surface area contributed by atoms with Crippen LogP contribution in [0.5, 0.6) is 0 Å². The standard InChI is InChI=1S/C16H19FN2O2/c1-8-5-13(11(4)21-8)10(3)19-16(20)12-6-14(17)9(2)15(18)7-12/h5-7,10H,18H2,1-4H3,(H,19,20). The SMILES string of the molecule is Cc1cc(C(C)NC(=O)c2cc(N)c(C)c(F)c2)c(C)o1. The van der Waals surface area contributed by atoms with Crippen molar-refractivity contribution < 1.29 is 13.6 Å². The van der Waals surface area contributed by atoms with E-state index in [1.807, 2.05) is 26.8 Å². The number of benzene rings is 1. The van der Waals surface area contributed by atoms with Gasteiger partial charge in [-0.2, -0.15) is 0 Å². The fraction of sp³-hybridized carbons (Fsp3) is 0.312. The van der Waals surface area contributed by atoms with E-state index in [0.29, 0.717) is 5.56 Å². The third kappa shape index (κ3) is 3.07. The summed E-state index contributed by atoms with van der Waals surface area (Å²) in [5, 5.41) is 2.82. The third-order valence-electron chi connectivity index (χ3n) is 3.54. The van der Waals surface area contributed by atoms with Crippen LogP contribution in [-0.4, -0.2) is 5.91 Å². The fourth-order valence-electron chi connectivity index (χ4n) is 2.27. The molecule has 21 heavy (non-hydrogen) atoms.